The summed E-state index contributed by atoms with van der Waals surface area (Å²) in [5.41, 5.74) is 1.16. The minimum atomic E-state index is -0.603. The van der Waals surface area contributed by atoms with E-state index in [9.17, 15) is 18.4 Å². The van der Waals surface area contributed by atoms with Gasteiger partial charge in [-0.3, -0.25) is 9.59 Å². The smallest absolute Gasteiger partial charge is 0.262 e. The second-order valence-corrected chi connectivity index (χ2v) is 5.34. The van der Waals surface area contributed by atoms with Crippen LogP contribution in [0, 0.1) is 11.6 Å². The number of hydrogen-bond acceptors (Lipinski definition) is 3. The highest BCUT2D eigenvalue weighted by Crippen LogP contribution is 2.36. The van der Waals surface area contributed by atoms with Gasteiger partial charge in [0.15, 0.2) is 12.4 Å². The first kappa shape index (κ1) is 15.9. The predicted molar refractivity (Wildman–Crippen MR) is 83.9 cm³/mol. The van der Waals surface area contributed by atoms with Crippen molar-refractivity contribution in [2.75, 3.05) is 17.2 Å². The lowest BCUT2D eigenvalue weighted by molar-refractivity contribution is -0.118. The highest BCUT2D eigenvalue weighted by Gasteiger charge is 2.21. The summed E-state index contributed by atoms with van der Waals surface area (Å²) in [6.45, 7) is -0.197. The van der Waals surface area contributed by atoms with Crippen molar-refractivity contribution >= 4 is 23.2 Å². The molecule has 2 aromatic carbocycles. The summed E-state index contributed by atoms with van der Waals surface area (Å²) < 4.78 is 31.7. The lowest BCUT2D eigenvalue weighted by atomic mass is 10.1. The molecular formula is C17H14F2N2O3. The minimum Gasteiger partial charge on any atom is -0.479 e. The lowest BCUT2D eigenvalue weighted by Gasteiger charge is -2.21. The third kappa shape index (κ3) is 3.68. The van der Waals surface area contributed by atoms with Crippen LogP contribution < -0.4 is 15.4 Å². The molecule has 2 aromatic rings. The van der Waals surface area contributed by atoms with Gasteiger partial charge < -0.3 is 15.4 Å². The zero-order valence-corrected chi connectivity index (χ0v) is 12.6. The Balaban J connectivity index is 1.68. The van der Waals surface area contributed by atoms with Crippen molar-refractivity contribution in [1.29, 1.82) is 0 Å². The van der Waals surface area contributed by atoms with E-state index in [0.29, 0.717) is 6.42 Å². The van der Waals surface area contributed by atoms with E-state index in [2.05, 4.69) is 10.6 Å². The third-order valence-electron chi connectivity index (χ3n) is 3.50. The van der Waals surface area contributed by atoms with Crippen LogP contribution >= 0.6 is 0 Å². The van der Waals surface area contributed by atoms with E-state index in [1.54, 1.807) is 12.1 Å². The van der Waals surface area contributed by atoms with Gasteiger partial charge in [-0.1, -0.05) is 12.1 Å². The molecule has 7 heteroatoms. The maximum absolute atomic E-state index is 13.6. The Hall–Kier alpha value is -2.96. The van der Waals surface area contributed by atoms with Gasteiger partial charge in [0.1, 0.15) is 11.6 Å². The van der Waals surface area contributed by atoms with Crippen LogP contribution in [-0.4, -0.2) is 18.4 Å². The number of anilines is 2. The van der Waals surface area contributed by atoms with E-state index >= 15 is 0 Å². The second kappa shape index (κ2) is 6.66. The van der Waals surface area contributed by atoms with Gasteiger partial charge in [-0.15, -0.1) is 0 Å². The van der Waals surface area contributed by atoms with Crippen LogP contribution in [0.2, 0.25) is 0 Å². The van der Waals surface area contributed by atoms with Crippen LogP contribution in [0.5, 0.6) is 5.75 Å². The van der Waals surface area contributed by atoms with Crippen molar-refractivity contribution in [2.45, 2.75) is 12.8 Å². The number of rotatable bonds is 4. The molecule has 2 N–H and O–H groups in total. The fraction of sp³-hybridized carbons (Fsp3) is 0.176. The van der Waals surface area contributed by atoms with E-state index in [0.717, 1.165) is 17.7 Å². The average Bonchev–Trinajstić information content (AvgIpc) is 2.53. The van der Waals surface area contributed by atoms with Crippen molar-refractivity contribution in [2.24, 2.45) is 0 Å². The zero-order valence-electron chi connectivity index (χ0n) is 12.6. The number of aryl methyl sites for hydroxylation is 1. The SMILES string of the molecule is O=C(CCc1ccc(F)cc1)Nc1cc(F)cc2c1OCC(=O)N2. The van der Waals surface area contributed by atoms with Crippen molar-refractivity contribution in [3.63, 3.8) is 0 Å². The Morgan fingerprint density at radius 2 is 1.92 bits per heavy atom. The second-order valence-electron chi connectivity index (χ2n) is 5.34. The molecule has 1 aliphatic rings. The Labute approximate surface area is 136 Å². The van der Waals surface area contributed by atoms with Gasteiger partial charge in [0.05, 0.1) is 11.4 Å². The first-order chi connectivity index (χ1) is 11.5. The topological polar surface area (TPSA) is 67.4 Å². The summed E-state index contributed by atoms with van der Waals surface area (Å²) in [7, 11) is 0. The summed E-state index contributed by atoms with van der Waals surface area (Å²) in [5, 5.41) is 5.06. The van der Waals surface area contributed by atoms with Crippen LogP contribution in [-0.2, 0) is 16.0 Å². The van der Waals surface area contributed by atoms with Gasteiger partial charge in [-0.05, 0) is 24.1 Å². The number of fused-ring (bicyclic) bond motifs is 1. The molecule has 0 aliphatic carbocycles. The highest BCUT2D eigenvalue weighted by atomic mass is 19.1. The number of carbonyl (C=O) groups is 2. The number of ether oxygens (including phenoxy) is 1. The van der Waals surface area contributed by atoms with Crippen molar-refractivity contribution < 1.29 is 23.1 Å². The molecule has 0 atom stereocenters. The number of nitrogens with one attached hydrogen (secondary N) is 2. The monoisotopic (exact) mass is 332 g/mol. The molecule has 0 saturated heterocycles. The molecule has 124 valence electrons. The Kier molecular flexibility index (Phi) is 4.41. The van der Waals surface area contributed by atoms with Crippen LogP contribution in [0.1, 0.15) is 12.0 Å². The summed E-state index contributed by atoms with van der Waals surface area (Å²) in [6.07, 6.45) is 0.560. The fourth-order valence-corrected chi connectivity index (χ4v) is 2.38. The molecular weight excluding hydrogens is 318 g/mol. The van der Waals surface area contributed by atoms with Gasteiger partial charge in [0.25, 0.3) is 5.91 Å². The maximum Gasteiger partial charge on any atom is 0.262 e. The average molecular weight is 332 g/mol. The summed E-state index contributed by atoms with van der Waals surface area (Å²) in [5.74, 6) is -1.44. The van der Waals surface area contributed by atoms with Gasteiger partial charge >= 0.3 is 0 Å². The quantitative estimate of drug-likeness (QED) is 0.905. The normalized spacial score (nSPS) is 12.8. The van der Waals surface area contributed by atoms with Crippen LogP contribution in [0.4, 0.5) is 20.2 Å². The third-order valence-corrected chi connectivity index (χ3v) is 3.50. The number of amides is 2. The van der Waals surface area contributed by atoms with Gasteiger partial charge in [-0.25, -0.2) is 8.78 Å². The number of benzene rings is 2. The van der Waals surface area contributed by atoms with Gasteiger partial charge in [0.2, 0.25) is 5.91 Å². The molecule has 0 bridgehead atoms. The van der Waals surface area contributed by atoms with Crippen molar-refractivity contribution in [1.82, 2.24) is 0 Å². The molecule has 5 nitrogen and oxygen atoms in total. The number of hydrogen-bond donors (Lipinski definition) is 2. The van der Waals surface area contributed by atoms with Crippen LogP contribution in [0.15, 0.2) is 36.4 Å². The minimum absolute atomic E-state index is 0.142. The fourth-order valence-electron chi connectivity index (χ4n) is 2.38. The summed E-state index contributed by atoms with van der Waals surface area (Å²) >= 11 is 0. The van der Waals surface area contributed by atoms with E-state index in [1.165, 1.54) is 12.1 Å². The van der Waals surface area contributed by atoms with E-state index in [4.69, 9.17) is 4.74 Å². The standard InChI is InChI=1S/C17H14F2N2O3/c18-11-4-1-10(2-5-11)3-6-15(22)20-13-7-12(19)8-14-17(13)24-9-16(23)21-14/h1-2,4-5,7-8H,3,6,9H2,(H,20,22)(H,21,23). The Morgan fingerprint density at radius 1 is 1.17 bits per heavy atom. The maximum atomic E-state index is 13.6. The molecule has 3 rings (SSSR count). The summed E-state index contributed by atoms with van der Waals surface area (Å²) in [4.78, 5) is 23.3. The van der Waals surface area contributed by atoms with Crippen molar-refractivity contribution in [3.8, 4) is 5.75 Å². The largest absolute Gasteiger partial charge is 0.479 e. The highest BCUT2D eigenvalue weighted by molar-refractivity contribution is 6.00. The first-order valence-corrected chi connectivity index (χ1v) is 7.32. The lowest BCUT2D eigenvalue weighted by Crippen LogP contribution is -2.26. The van der Waals surface area contributed by atoms with Gasteiger partial charge in [-0.2, -0.15) is 0 Å². The van der Waals surface area contributed by atoms with E-state index in [-0.39, 0.29) is 47.8 Å². The summed E-state index contributed by atoms with van der Waals surface area (Å²) in [6, 6.07) is 8.11. The predicted octanol–water partition coefficient (Wildman–Crippen LogP) is 2.87. The number of carbonyl (C=O) groups excluding carboxylic acids is 2. The Morgan fingerprint density at radius 3 is 2.67 bits per heavy atom. The molecule has 2 amide bonds. The molecule has 0 unspecified atom stereocenters. The van der Waals surface area contributed by atoms with Crippen molar-refractivity contribution in [3.05, 3.63) is 53.6 Å². The van der Waals surface area contributed by atoms with E-state index < -0.39 is 5.82 Å². The Bertz CT molecular complexity index is 791. The molecule has 1 aliphatic heterocycles. The molecule has 0 spiro atoms. The molecule has 0 saturated carbocycles. The zero-order chi connectivity index (χ0) is 17.1. The van der Waals surface area contributed by atoms with Crippen LogP contribution in [0.25, 0.3) is 0 Å². The number of halogens is 2. The van der Waals surface area contributed by atoms with E-state index in [1.807, 2.05) is 0 Å². The molecule has 0 radical (unpaired) electrons. The molecule has 24 heavy (non-hydrogen) atoms. The molecule has 0 aromatic heterocycles. The molecule has 0 fully saturated rings. The molecule has 1 heterocycles. The first-order valence-electron chi connectivity index (χ1n) is 7.32. The van der Waals surface area contributed by atoms with Crippen LogP contribution in [0.3, 0.4) is 0 Å². The van der Waals surface area contributed by atoms with Gasteiger partial charge in [0, 0.05) is 18.6 Å².